The van der Waals surface area contributed by atoms with E-state index in [1.54, 1.807) is 18.2 Å². The Morgan fingerprint density at radius 3 is 2.17 bits per heavy atom. The van der Waals surface area contributed by atoms with E-state index in [2.05, 4.69) is 29.0 Å². The summed E-state index contributed by atoms with van der Waals surface area (Å²) in [5.41, 5.74) is 10.6. The number of rotatable bonds is 4. The summed E-state index contributed by atoms with van der Waals surface area (Å²) < 4.78 is 0. The van der Waals surface area contributed by atoms with E-state index in [1.165, 1.54) is 24.5 Å². The van der Waals surface area contributed by atoms with Crippen molar-refractivity contribution in [2.24, 2.45) is 0 Å². The van der Waals surface area contributed by atoms with Gasteiger partial charge in [0.05, 0.1) is 6.10 Å². The van der Waals surface area contributed by atoms with E-state index in [0.29, 0.717) is 11.3 Å². The Bertz CT molecular complexity index is 1020. The van der Waals surface area contributed by atoms with E-state index in [0.717, 1.165) is 11.1 Å². The van der Waals surface area contributed by atoms with Crippen LogP contribution in [0.15, 0.2) is 42.5 Å². The fourth-order valence-corrected chi connectivity index (χ4v) is 2.33. The Morgan fingerprint density at radius 1 is 1.03 bits per heavy atom. The first-order valence-electron chi connectivity index (χ1n) is 8.73. The molecule has 148 valence electrons. The molecule has 0 bridgehead atoms. The van der Waals surface area contributed by atoms with Crippen LogP contribution in [-0.4, -0.2) is 34.3 Å². The van der Waals surface area contributed by atoms with Gasteiger partial charge in [0, 0.05) is 22.4 Å². The lowest BCUT2D eigenvalue weighted by Gasteiger charge is -2.19. The molecule has 0 aliphatic carbocycles. The maximum atomic E-state index is 12.2. The zero-order chi connectivity index (χ0) is 21.4. The number of carbonyl (C=O) groups is 2. The summed E-state index contributed by atoms with van der Waals surface area (Å²) in [6, 6.07) is 10.6. The van der Waals surface area contributed by atoms with Gasteiger partial charge in [-0.3, -0.25) is 14.8 Å². The maximum Gasteiger partial charge on any atom is 0.268 e. The highest BCUT2D eigenvalue weighted by molar-refractivity contribution is 5.97. The van der Waals surface area contributed by atoms with Crippen molar-refractivity contribution in [1.29, 1.82) is 0 Å². The van der Waals surface area contributed by atoms with E-state index < -0.39 is 24.0 Å². The van der Waals surface area contributed by atoms with Gasteiger partial charge in [-0.25, -0.2) is 5.48 Å². The first-order chi connectivity index (χ1) is 13.8. The summed E-state index contributed by atoms with van der Waals surface area (Å²) in [5.74, 6) is 9.78. The molecule has 0 radical (unpaired) electrons. The summed E-state index contributed by atoms with van der Waals surface area (Å²) in [6.45, 7) is 3.24. The molecule has 2 amide bonds. The van der Waals surface area contributed by atoms with Crippen LogP contribution in [0.4, 0.5) is 5.69 Å². The molecule has 0 saturated carbocycles. The van der Waals surface area contributed by atoms with Crippen molar-refractivity contribution in [3.63, 3.8) is 0 Å². The maximum absolute atomic E-state index is 12.2. The van der Waals surface area contributed by atoms with E-state index in [9.17, 15) is 14.7 Å². The Morgan fingerprint density at radius 2 is 1.62 bits per heavy atom. The normalized spacial score (nSPS) is 11.7. The second-order valence-electron chi connectivity index (χ2n) is 6.32. The lowest BCUT2D eigenvalue weighted by atomic mass is 10.1. The molecule has 0 unspecified atom stereocenters. The highest BCUT2D eigenvalue weighted by Crippen LogP contribution is 2.11. The number of nitrogen functional groups attached to an aromatic ring is 1. The Balaban J connectivity index is 2.05. The molecule has 2 aromatic rings. The van der Waals surface area contributed by atoms with E-state index in [1.807, 2.05) is 19.1 Å². The highest BCUT2D eigenvalue weighted by Gasteiger charge is 2.25. The number of nitrogens with two attached hydrogens (primary N) is 1. The number of aliphatic hydroxyl groups is 1. The number of hydrogen-bond donors (Lipinski definition) is 5. The number of hydrogen-bond acceptors (Lipinski definition) is 5. The number of aryl methyl sites for hydroxylation is 1. The van der Waals surface area contributed by atoms with Crippen molar-refractivity contribution in [2.75, 3.05) is 5.73 Å². The SMILES string of the molecule is Cc1ccc(C#CC#Cc2ccc(C(=O)N[C@H](C(=O)NO)[C@@H](C)O)cc2)cc1N. The van der Waals surface area contributed by atoms with Gasteiger partial charge in [0.2, 0.25) is 0 Å². The smallest absolute Gasteiger partial charge is 0.268 e. The third kappa shape index (κ3) is 6.12. The molecule has 29 heavy (non-hydrogen) atoms. The van der Waals surface area contributed by atoms with Gasteiger partial charge in [0.25, 0.3) is 11.8 Å². The number of nitrogens with one attached hydrogen (secondary N) is 2. The van der Waals surface area contributed by atoms with Gasteiger partial charge in [-0.15, -0.1) is 0 Å². The van der Waals surface area contributed by atoms with Gasteiger partial charge >= 0.3 is 0 Å². The van der Waals surface area contributed by atoms with Crippen LogP contribution in [-0.2, 0) is 4.79 Å². The molecule has 2 rings (SSSR count). The minimum absolute atomic E-state index is 0.271. The van der Waals surface area contributed by atoms with Crippen LogP contribution >= 0.6 is 0 Å². The van der Waals surface area contributed by atoms with E-state index in [-0.39, 0.29) is 5.56 Å². The molecule has 2 atom stereocenters. The minimum Gasteiger partial charge on any atom is -0.398 e. The summed E-state index contributed by atoms with van der Waals surface area (Å²) in [5, 5.41) is 20.6. The van der Waals surface area contributed by atoms with Crippen LogP contribution in [0.3, 0.4) is 0 Å². The molecule has 0 fully saturated rings. The van der Waals surface area contributed by atoms with E-state index in [4.69, 9.17) is 10.9 Å². The molecule has 7 heteroatoms. The zero-order valence-electron chi connectivity index (χ0n) is 16.0. The second-order valence-corrected chi connectivity index (χ2v) is 6.32. The highest BCUT2D eigenvalue weighted by atomic mass is 16.5. The van der Waals surface area contributed by atoms with Gasteiger partial charge < -0.3 is 16.2 Å². The zero-order valence-corrected chi connectivity index (χ0v) is 16.0. The lowest BCUT2D eigenvalue weighted by molar-refractivity contribution is -0.133. The molecule has 0 aliphatic rings. The van der Waals surface area contributed by atoms with Crippen molar-refractivity contribution in [3.05, 3.63) is 64.7 Å². The van der Waals surface area contributed by atoms with Crippen LogP contribution in [0.5, 0.6) is 0 Å². The van der Waals surface area contributed by atoms with Crippen molar-refractivity contribution < 1.29 is 19.9 Å². The fourth-order valence-electron chi connectivity index (χ4n) is 2.33. The Labute approximate surface area is 168 Å². The molecular weight excluding hydrogens is 370 g/mol. The summed E-state index contributed by atoms with van der Waals surface area (Å²) in [6.07, 6.45) is -1.18. The summed E-state index contributed by atoms with van der Waals surface area (Å²) in [4.78, 5) is 23.7. The molecule has 0 saturated heterocycles. The van der Waals surface area contributed by atoms with Crippen molar-refractivity contribution in [2.45, 2.75) is 26.0 Å². The molecule has 2 aromatic carbocycles. The average molecular weight is 391 g/mol. The average Bonchev–Trinajstić information content (AvgIpc) is 2.71. The van der Waals surface area contributed by atoms with Crippen LogP contribution in [0, 0.1) is 30.6 Å². The molecule has 6 N–H and O–H groups in total. The number of amides is 2. The van der Waals surface area contributed by atoms with Gasteiger partial charge in [-0.05, 0) is 67.6 Å². The van der Waals surface area contributed by atoms with Gasteiger partial charge in [0.1, 0.15) is 6.04 Å². The number of aliphatic hydroxyl groups excluding tert-OH is 1. The van der Waals surface area contributed by atoms with Gasteiger partial charge in [-0.1, -0.05) is 17.9 Å². The van der Waals surface area contributed by atoms with Gasteiger partial charge in [-0.2, -0.15) is 0 Å². The fraction of sp³-hybridized carbons (Fsp3) is 0.182. The number of benzene rings is 2. The quantitative estimate of drug-likeness (QED) is 0.230. The second kappa shape index (κ2) is 9.95. The number of carbonyl (C=O) groups excluding carboxylic acids is 2. The van der Waals surface area contributed by atoms with E-state index >= 15 is 0 Å². The van der Waals surface area contributed by atoms with Crippen molar-refractivity contribution >= 4 is 17.5 Å². The molecule has 0 spiro atoms. The molecule has 0 aliphatic heterocycles. The predicted octanol–water partition coefficient (Wildman–Crippen LogP) is 0.965. The van der Waals surface area contributed by atoms with Crippen LogP contribution in [0.2, 0.25) is 0 Å². The molecule has 0 aromatic heterocycles. The van der Waals surface area contributed by atoms with Crippen molar-refractivity contribution in [3.8, 4) is 23.7 Å². The topological polar surface area (TPSA) is 125 Å². The Kier molecular flexibility index (Phi) is 7.39. The van der Waals surface area contributed by atoms with Crippen LogP contribution in [0.1, 0.15) is 34.0 Å². The Hall–Kier alpha value is -3.78. The summed E-state index contributed by atoms with van der Waals surface area (Å²) in [7, 11) is 0. The molecule has 7 nitrogen and oxygen atoms in total. The first-order valence-corrected chi connectivity index (χ1v) is 8.73. The third-order valence-electron chi connectivity index (χ3n) is 4.06. The summed E-state index contributed by atoms with van der Waals surface area (Å²) >= 11 is 0. The molecular formula is C22H21N3O4. The lowest BCUT2D eigenvalue weighted by Crippen LogP contribution is -2.51. The van der Waals surface area contributed by atoms with Gasteiger partial charge in [0.15, 0.2) is 0 Å². The van der Waals surface area contributed by atoms with Crippen molar-refractivity contribution in [1.82, 2.24) is 10.8 Å². The number of anilines is 1. The van der Waals surface area contributed by atoms with Crippen LogP contribution < -0.4 is 16.5 Å². The third-order valence-corrected chi connectivity index (χ3v) is 4.06. The largest absolute Gasteiger partial charge is 0.398 e. The van der Waals surface area contributed by atoms with Crippen LogP contribution in [0.25, 0.3) is 0 Å². The first kappa shape index (κ1) is 21.5. The monoisotopic (exact) mass is 391 g/mol. The standard InChI is InChI=1S/C22H21N3O4/c1-14-7-8-17(13-19(14)23)6-4-3-5-16-9-11-18(12-10-16)21(27)24-20(15(2)26)22(28)25-29/h7-13,15,20,26,29H,23H2,1-2H3,(H,24,27)(H,25,28)/t15-,20+/m1/s1. The number of hydroxylamine groups is 1. The molecule has 0 heterocycles. The predicted molar refractivity (Wildman–Crippen MR) is 109 cm³/mol. The minimum atomic E-state index is -1.28.